The number of aryl methyl sites for hydroxylation is 1. The van der Waals surface area contributed by atoms with Crippen molar-refractivity contribution in [3.05, 3.63) is 58.4 Å². The molecule has 1 N–H and O–H groups in total. The number of aromatic nitrogens is 1. The fourth-order valence-corrected chi connectivity index (χ4v) is 2.92. The summed E-state index contributed by atoms with van der Waals surface area (Å²) in [6.07, 6.45) is 1.96. The minimum Gasteiger partial charge on any atom is -0.348 e. The summed E-state index contributed by atoms with van der Waals surface area (Å²) in [5.74, 6) is 0.0635. The number of rotatable bonds is 6. The van der Waals surface area contributed by atoms with Gasteiger partial charge in [0.15, 0.2) is 0 Å². The summed E-state index contributed by atoms with van der Waals surface area (Å²) in [6.45, 7) is 9.24. The molecule has 138 valence electrons. The van der Waals surface area contributed by atoms with E-state index in [0.717, 1.165) is 29.1 Å². The van der Waals surface area contributed by atoms with Crippen LogP contribution in [0.5, 0.6) is 0 Å². The maximum Gasteiger partial charge on any atom is 0.266 e. The van der Waals surface area contributed by atoms with Gasteiger partial charge in [-0.15, -0.1) is 0 Å². The van der Waals surface area contributed by atoms with E-state index >= 15 is 0 Å². The number of nitriles is 2. The van der Waals surface area contributed by atoms with Crippen molar-refractivity contribution in [3.8, 4) is 12.1 Å². The van der Waals surface area contributed by atoms with E-state index in [4.69, 9.17) is 5.26 Å². The van der Waals surface area contributed by atoms with Crippen LogP contribution >= 0.6 is 0 Å². The number of nitrogens with one attached hydrogen (secondary N) is 1. The summed E-state index contributed by atoms with van der Waals surface area (Å²) in [6, 6.07) is 13.1. The molecular formula is C22H24N4O. The Kier molecular flexibility index (Phi) is 6.57. The average Bonchev–Trinajstić information content (AvgIpc) is 2.88. The SMILES string of the molecule is Cc1cc(/C=C(\C#N)C(=O)Nc2ccc(CC#N)cc2)c(C)n1CC(C)C. The summed E-state index contributed by atoms with van der Waals surface area (Å²) in [5, 5.41) is 20.9. The predicted molar refractivity (Wildman–Crippen MR) is 107 cm³/mol. The molecule has 1 aromatic carbocycles. The molecule has 27 heavy (non-hydrogen) atoms. The van der Waals surface area contributed by atoms with Crippen LogP contribution in [0.1, 0.15) is 36.4 Å². The van der Waals surface area contributed by atoms with Crippen molar-refractivity contribution < 1.29 is 4.79 Å². The molecular weight excluding hydrogens is 336 g/mol. The number of hydrogen-bond acceptors (Lipinski definition) is 3. The second kappa shape index (κ2) is 8.87. The molecule has 0 saturated carbocycles. The Morgan fingerprint density at radius 1 is 1.22 bits per heavy atom. The molecule has 2 rings (SSSR count). The Balaban J connectivity index is 2.22. The molecule has 5 nitrogen and oxygen atoms in total. The zero-order chi connectivity index (χ0) is 20.0. The molecule has 5 heteroatoms. The van der Waals surface area contributed by atoms with Crippen LogP contribution in [0.15, 0.2) is 35.9 Å². The largest absolute Gasteiger partial charge is 0.348 e. The Labute approximate surface area is 160 Å². The van der Waals surface area contributed by atoms with Gasteiger partial charge in [-0.25, -0.2) is 0 Å². The fourth-order valence-electron chi connectivity index (χ4n) is 2.92. The van der Waals surface area contributed by atoms with Crippen molar-refractivity contribution in [3.63, 3.8) is 0 Å². The Bertz CT molecular complexity index is 934. The first-order valence-corrected chi connectivity index (χ1v) is 8.91. The summed E-state index contributed by atoms with van der Waals surface area (Å²) >= 11 is 0. The number of amides is 1. The van der Waals surface area contributed by atoms with Gasteiger partial charge in [0, 0.05) is 23.6 Å². The van der Waals surface area contributed by atoms with Crippen LogP contribution in [-0.4, -0.2) is 10.5 Å². The zero-order valence-electron chi connectivity index (χ0n) is 16.2. The Morgan fingerprint density at radius 3 is 2.44 bits per heavy atom. The number of carbonyl (C=O) groups is 1. The first-order valence-electron chi connectivity index (χ1n) is 8.91. The molecule has 0 fully saturated rings. The van der Waals surface area contributed by atoms with Crippen LogP contribution in [0.3, 0.4) is 0 Å². The molecule has 1 aromatic heterocycles. The van der Waals surface area contributed by atoms with Crippen molar-refractivity contribution in [2.45, 2.75) is 40.7 Å². The molecule has 2 aromatic rings. The van der Waals surface area contributed by atoms with Gasteiger partial charge in [0.25, 0.3) is 5.91 Å². The maximum atomic E-state index is 12.5. The zero-order valence-corrected chi connectivity index (χ0v) is 16.2. The third-order valence-corrected chi connectivity index (χ3v) is 4.32. The van der Waals surface area contributed by atoms with Crippen molar-refractivity contribution in [1.82, 2.24) is 4.57 Å². The van der Waals surface area contributed by atoms with Crippen LogP contribution in [0.4, 0.5) is 5.69 Å². The lowest BCUT2D eigenvalue weighted by atomic mass is 10.1. The van der Waals surface area contributed by atoms with Crippen molar-refractivity contribution in [2.24, 2.45) is 5.92 Å². The predicted octanol–water partition coefficient (Wildman–Crippen LogP) is 4.37. The Hall–Kier alpha value is -3.31. The van der Waals surface area contributed by atoms with E-state index in [1.165, 1.54) is 0 Å². The number of hydrogen-bond donors (Lipinski definition) is 1. The lowest BCUT2D eigenvalue weighted by Gasteiger charge is -2.12. The maximum absolute atomic E-state index is 12.5. The molecule has 0 atom stereocenters. The van der Waals surface area contributed by atoms with Gasteiger partial charge in [-0.1, -0.05) is 26.0 Å². The van der Waals surface area contributed by atoms with Crippen molar-refractivity contribution in [1.29, 1.82) is 10.5 Å². The monoisotopic (exact) mass is 360 g/mol. The molecule has 0 unspecified atom stereocenters. The summed E-state index contributed by atoms with van der Waals surface area (Å²) in [7, 11) is 0. The standard InChI is InChI=1S/C22H24N4O/c1-15(2)14-26-16(3)11-19(17(26)4)12-20(13-24)22(27)25-21-7-5-18(6-8-21)9-10-23/h5-8,11-12,15H,9,14H2,1-4H3,(H,25,27)/b20-12+. The van der Waals surface area contributed by atoms with Gasteiger partial charge in [-0.05, 0) is 55.2 Å². The van der Waals surface area contributed by atoms with Crippen molar-refractivity contribution in [2.75, 3.05) is 5.32 Å². The van der Waals surface area contributed by atoms with E-state index in [1.54, 1.807) is 30.3 Å². The van der Waals surface area contributed by atoms with Gasteiger partial charge in [0.2, 0.25) is 0 Å². The van der Waals surface area contributed by atoms with Gasteiger partial charge in [-0.3, -0.25) is 4.79 Å². The molecule has 1 amide bonds. The molecule has 0 bridgehead atoms. The highest BCUT2D eigenvalue weighted by molar-refractivity contribution is 6.09. The molecule has 0 aliphatic rings. The fraction of sp³-hybridized carbons (Fsp3) is 0.318. The van der Waals surface area contributed by atoms with Crippen LogP contribution in [-0.2, 0) is 17.8 Å². The lowest BCUT2D eigenvalue weighted by molar-refractivity contribution is -0.112. The highest BCUT2D eigenvalue weighted by Gasteiger charge is 2.13. The van der Waals surface area contributed by atoms with E-state index in [1.807, 2.05) is 26.0 Å². The second-order valence-electron chi connectivity index (χ2n) is 6.99. The minimum atomic E-state index is -0.445. The number of anilines is 1. The van der Waals surface area contributed by atoms with Gasteiger partial charge >= 0.3 is 0 Å². The van der Waals surface area contributed by atoms with E-state index in [0.29, 0.717) is 18.0 Å². The van der Waals surface area contributed by atoms with Crippen LogP contribution in [0, 0.1) is 42.4 Å². The van der Waals surface area contributed by atoms with E-state index in [-0.39, 0.29) is 5.57 Å². The summed E-state index contributed by atoms with van der Waals surface area (Å²) in [4.78, 5) is 12.5. The van der Waals surface area contributed by atoms with Gasteiger partial charge in [0.05, 0.1) is 12.5 Å². The van der Waals surface area contributed by atoms with E-state index in [2.05, 4.69) is 29.8 Å². The van der Waals surface area contributed by atoms with Gasteiger partial charge in [-0.2, -0.15) is 10.5 Å². The molecule has 1 heterocycles. The molecule has 0 radical (unpaired) electrons. The van der Waals surface area contributed by atoms with Crippen LogP contribution in [0.25, 0.3) is 6.08 Å². The highest BCUT2D eigenvalue weighted by Crippen LogP contribution is 2.20. The van der Waals surface area contributed by atoms with Crippen LogP contribution < -0.4 is 5.32 Å². The highest BCUT2D eigenvalue weighted by atomic mass is 16.1. The quantitative estimate of drug-likeness (QED) is 0.613. The van der Waals surface area contributed by atoms with Crippen LogP contribution in [0.2, 0.25) is 0 Å². The normalized spacial score (nSPS) is 11.1. The van der Waals surface area contributed by atoms with Gasteiger partial charge < -0.3 is 9.88 Å². The van der Waals surface area contributed by atoms with E-state index < -0.39 is 5.91 Å². The molecule has 0 aliphatic heterocycles. The second-order valence-corrected chi connectivity index (χ2v) is 6.99. The van der Waals surface area contributed by atoms with E-state index in [9.17, 15) is 10.1 Å². The topological polar surface area (TPSA) is 81.6 Å². The number of carbonyl (C=O) groups excluding carboxylic acids is 1. The number of nitrogens with zero attached hydrogens (tertiary/aromatic N) is 3. The van der Waals surface area contributed by atoms with Crippen molar-refractivity contribution >= 4 is 17.7 Å². The lowest BCUT2D eigenvalue weighted by Crippen LogP contribution is -2.13. The average molecular weight is 360 g/mol. The smallest absolute Gasteiger partial charge is 0.266 e. The summed E-state index contributed by atoms with van der Waals surface area (Å²) < 4.78 is 2.21. The minimum absolute atomic E-state index is 0.0564. The first kappa shape index (κ1) is 20.0. The molecule has 0 aliphatic carbocycles. The van der Waals surface area contributed by atoms with Gasteiger partial charge in [0.1, 0.15) is 11.6 Å². The third kappa shape index (κ3) is 5.09. The first-order chi connectivity index (χ1) is 12.8. The molecule has 0 spiro atoms. The Morgan fingerprint density at radius 2 is 1.89 bits per heavy atom. The number of benzene rings is 1. The third-order valence-electron chi connectivity index (χ3n) is 4.32. The molecule has 0 saturated heterocycles. The summed E-state index contributed by atoms with van der Waals surface area (Å²) in [5.41, 5.74) is 4.56.